The Morgan fingerprint density at radius 3 is 2.30 bits per heavy atom. The van der Waals surface area contributed by atoms with Crippen LogP contribution >= 0.6 is 11.8 Å². The van der Waals surface area contributed by atoms with Crippen molar-refractivity contribution in [2.75, 3.05) is 10.6 Å². The van der Waals surface area contributed by atoms with Crippen molar-refractivity contribution in [3.8, 4) is 0 Å². The number of hydrogen-bond acceptors (Lipinski definition) is 4. The fraction of sp³-hybridized carbons (Fsp3) is 0.233. The normalized spacial score (nSPS) is 17.6. The maximum Gasteiger partial charge on any atom is 0.307 e. The van der Waals surface area contributed by atoms with Crippen LogP contribution in [0.3, 0.4) is 0 Å². The number of amides is 2. The molecule has 2 amide bonds. The first-order chi connectivity index (χ1) is 17.8. The van der Waals surface area contributed by atoms with Gasteiger partial charge in [0.2, 0.25) is 11.8 Å². The smallest absolute Gasteiger partial charge is 0.307 e. The van der Waals surface area contributed by atoms with E-state index in [1.807, 2.05) is 92.7 Å². The Hall–Kier alpha value is -3.84. The summed E-state index contributed by atoms with van der Waals surface area (Å²) in [6, 6.07) is 22.7. The van der Waals surface area contributed by atoms with E-state index in [1.54, 1.807) is 6.07 Å². The van der Waals surface area contributed by atoms with Crippen molar-refractivity contribution in [3.63, 3.8) is 0 Å². The highest BCUT2D eigenvalue weighted by Gasteiger charge is 2.34. The van der Waals surface area contributed by atoms with Gasteiger partial charge < -0.3 is 15.7 Å². The van der Waals surface area contributed by atoms with E-state index in [2.05, 4.69) is 10.6 Å². The third kappa shape index (κ3) is 6.49. The van der Waals surface area contributed by atoms with E-state index in [-0.39, 0.29) is 11.8 Å². The van der Waals surface area contributed by atoms with E-state index in [9.17, 15) is 19.5 Å². The highest BCUT2D eigenvalue weighted by molar-refractivity contribution is 8.00. The quantitative estimate of drug-likeness (QED) is 0.239. The third-order valence-corrected chi connectivity index (χ3v) is 7.89. The number of hydrogen-bond donors (Lipinski definition) is 3. The number of carboxylic acid groups (broad SMARTS) is 1. The predicted octanol–water partition coefficient (Wildman–Crippen LogP) is 6.38. The predicted molar refractivity (Wildman–Crippen MR) is 148 cm³/mol. The molecule has 0 saturated heterocycles. The molecule has 0 heterocycles. The topological polar surface area (TPSA) is 95.5 Å². The number of nitrogens with one attached hydrogen (secondary N) is 2. The van der Waals surface area contributed by atoms with Crippen LogP contribution in [0.25, 0.3) is 0 Å². The van der Waals surface area contributed by atoms with Crippen LogP contribution in [0.15, 0.2) is 89.8 Å². The standard InChI is InChI=1S/C30H30N2O4S/c1-19-10-8-17-26(20(19)2)32-29(34)27(21-11-4-3-5-12-21)37-23-14-9-13-22(18-23)31-28(33)24-15-6-7-16-25(24)30(35)36/h3-14,17-18,24-25,27H,15-16H2,1-2H3,(H,31,33)(H,32,34)(H,35,36). The number of aliphatic carboxylic acids is 1. The second-order valence-corrected chi connectivity index (χ2v) is 10.3. The van der Waals surface area contributed by atoms with E-state index in [0.29, 0.717) is 18.5 Å². The highest BCUT2D eigenvalue weighted by atomic mass is 32.2. The molecule has 3 N–H and O–H groups in total. The second kappa shape index (κ2) is 11.9. The molecule has 0 fully saturated rings. The number of carbonyl (C=O) groups is 3. The van der Waals surface area contributed by atoms with Crippen LogP contribution in [0, 0.1) is 25.7 Å². The summed E-state index contributed by atoms with van der Waals surface area (Å²) in [5.41, 5.74) is 4.33. The van der Waals surface area contributed by atoms with Crippen molar-refractivity contribution in [3.05, 3.63) is 102 Å². The number of benzene rings is 3. The van der Waals surface area contributed by atoms with Gasteiger partial charge in [0.25, 0.3) is 0 Å². The first-order valence-electron chi connectivity index (χ1n) is 12.2. The van der Waals surface area contributed by atoms with Crippen LogP contribution in [0.2, 0.25) is 0 Å². The van der Waals surface area contributed by atoms with E-state index in [4.69, 9.17) is 0 Å². The fourth-order valence-corrected chi connectivity index (χ4v) is 5.46. The summed E-state index contributed by atoms with van der Waals surface area (Å²) in [5.74, 6) is -2.78. The minimum atomic E-state index is -0.964. The molecule has 7 heteroatoms. The lowest BCUT2D eigenvalue weighted by Crippen LogP contribution is -2.34. The molecule has 4 rings (SSSR count). The Kier molecular flexibility index (Phi) is 8.46. The lowest BCUT2D eigenvalue weighted by atomic mass is 9.82. The first-order valence-corrected chi connectivity index (χ1v) is 13.1. The number of thioether (sulfide) groups is 1. The Morgan fingerprint density at radius 2 is 1.57 bits per heavy atom. The number of allylic oxidation sites excluding steroid dienone is 2. The van der Waals surface area contributed by atoms with Gasteiger partial charge in [-0.3, -0.25) is 14.4 Å². The average molecular weight is 515 g/mol. The SMILES string of the molecule is Cc1cccc(NC(=O)C(Sc2cccc(NC(=O)C3CC=CCC3C(=O)O)c2)c2ccccc2)c1C. The molecule has 0 saturated carbocycles. The molecule has 3 atom stereocenters. The zero-order valence-electron chi connectivity index (χ0n) is 20.8. The zero-order valence-corrected chi connectivity index (χ0v) is 21.6. The van der Waals surface area contributed by atoms with Crippen molar-refractivity contribution in [2.45, 2.75) is 36.8 Å². The molecule has 3 aromatic rings. The zero-order chi connectivity index (χ0) is 26.4. The molecule has 0 radical (unpaired) electrons. The maximum absolute atomic E-state index is 13.5. The Bertz CT molecular complexity index is 1320. The Balaban J connectivity index is 1.54. The van der Waals surface area contributed by atoms with Crippen LogP contribution in [0.1, 0.15) is 34.8 Å². The van der Waals surface area contributed by atoms with Gasteiger partial charge in [-0.2, -0.15) is 0 Å². The maximum atomic E-state index is 13.5. The molecule has 37 heavy (non-hydrogen) atoms. The van der Waals surface area contributed by atoms with Crippen LogP contribution in [-0.4, -0.2) is 22.9 Å². The van der Waals surface area contributed by atoms with E-state index >= 15 is 0 Å². The molecule has 1 aliphatic carbocycles. The molecule has 0 aliphatic heterocycles. The fourth-order valence-electron chi connectivity index (χ4n) is 4.38. The number of anilines is 2. The van der Waals surface area contributed by atoms with Crippen LogP contribution in [0.5, 0.6) is 0 Å². The lowest BCUT2D eigenvalue weighted by molar-refractivity contribution is -0.146. The minimum absolute atomic E-state index is 0.141. The molecule has 0 bridgehead atoms. The van der Waals surface area contributed by atoms with Gasteiger partial charge in [0.05, 0.1) is 11.8 Å². The van der Waals surface area contributed by atoms with E-state index in [0.717, 1.165) is 27.3 Å². The van der Waals surface area contributed by atoms with Gasteiger partial charge >= 0.3 is 5.97 Å². The van der Waals surface area contributed by atoms with E-state index < -0.39 is 23.1 Å². The van der Waals surface area contributed by atoms with Gasteiger partial charge in [-0.25, -0.2) is 0 Å². The summed E-state index contributed by atoms with van der Waals surface area (Å²) in [4.78, 5) is 38.8. The van der Waals surface area contributed by atoms with Crippen molar-refractivity contribution in [2.24, 2.45) is 11.8 Å². The van der Waals surface area contributed by atoms with Gasteiger partial charge in [-0.1, -0.05) is 60.7 Å². The molecule has 0 aromatic heterocycles. The summed E-state index contributed by atoms with van der Waals surface area (Å²) in [5, 5.41) is 15.0. The van der Waals surface area contributed by atoms with Gasteiger partial charge in [-0.15, -0.1) is 11.8 Å². The molecule has 6 nitrogen and oxygen atoms in total. The Labute approximate surface area is 221 Å². The molecular formula is C30H30N2O4S. The first kappa shape index (κ1) is 26.2. The molecule has 190 valence electrons. The number of rotatable bonds is 8. The molecule has 3 unspecified atom stereocenters. The van der Waals surface area contributed by atoms with Crippen LogP contribution in [-0.2, 0) is 14.4 Å². The van der Waals surface area contributed by atoms with Gasteiger partial charge in [0.15, 0.2) is 0 Å². The Morgan fingerprint density at radius 1 is 0.865 bits per heavy atom. The summed E-state index contributed by atoms with van der Waals surface area (Å²) < 4.78 is 0. The molecular weight excluding hydrogens is 484 g/mol. The van der Waals surface area contributed by atoms with Gasteiger partial charge in [0, 0.05) is 16.3 Å². The second-order valence-electron chi connectivity index (χ2n) is 9.16. The highest BCUT2D eigenvalue weighted by Crippen LogP contribution is 2.38. The van der Waals surface area contributed by atoms with Crippen LogP contribution < -0.4 is 10.6 Å². The van der Waals surface area contributed by atoms with Gasteiger partial charge in [-0.05, 0) is 67.6 Å². The molecule has 1 aliphatic rings. The summed E-state index contributed by atoms with van der Waals surface area (Å²) >= 11 is 1.39. The van der Waals surface area contributed by atoms with Crippen molar-refractivity contribution >= 4 is 40.9 Å². The number of carboxylic acids is 1. The number of carbonyl (C=O) groups excluding carboxylic acids is 2. The van der Waals surface area contributed by atoms with Crippen LogP contribution in [0.4, 0.5) is 11.4 Å². The summed E-state index contributed by atoms with van der Waals surface area (Å²) in [6.45, 7) is 4.00. The molecule has 0 spiro atoms. The summed E-state index contributed by atoms with van der Waals surface area (Å²) in [6.07, 6.45) is 4.41. The summed E-state index contributed by atoms with van der Waals surface area (Å²) in [7, 11) is 0. The third-order valence-electron chi connectivity index (χ3n) is 6.64. The van der Waals surface area contributed by atoms with Crippen molar-refractivity contribution < 1.29 is 19.5 Å². The van der Waals surface area contributed by atoms with Crippen molar-refractivity contribution in [1.29, 1.82) is 0 Å². The number of aryl methyl sites for hydroxylation is 1. The van der Waals surface area contributed by atoms with E-state index in [1.165, 1.54) is 11.8 Å². The van der Waals surface area contributed by atoms with Crippen molar-refractivity contribution in [1.82, 2.24) is 0 Å². The largest absolute Gasteiger partial charge is 0.481 e. The average Bonchev–Trinajstić information content (AvgIpc) is 2.90. The molecule has 3 aromatic carbocycles. The lowest BCUT2D eigenvalue weighted by Gasteiger charge is -2.24. The monoisotopic (exact) mass is 514 g/mol. The van der Waals surface area contributed by atoms with Gasteiger partial charge in [0.1, 0.15) is 5.25 Å². The minimum Gasteiger partial charge on any atom is -0.481 e.